The number of aromatic nitrogens is 2. The summed E-state index contributed by atoms with van der Waals surface area (Å²) in [5.41, 5.74) is 1.03. The van der Waals surface area contributed by atoms with Crippen LogP contribution in [0, 0.1) is 0 Å². The Balaban J connectivity index is 2.18. The lowest BCUT2D eigenvalue weighted by Crippen LogP contribution is -2.21. The molecule has 62 valence electrons. The number of hydrogen-bond acceptors (Lipinski definition) is 4. The van der Waals surface area contributed by atoms with Gasteiger partial charge in [-0.3, -0.25) is 0 Å². The molecule has 0 radical (unpaired) electrons. The third kappa shape index (κ3) is 1.23. The molecule has 0 atom stereocenters. The van der Waals surface area contributed by atoms with Crippen molar-refractivity contribution >= 4 is 5.69 Å². The van der Waals surface area contributed by atoms with Crippen LogP contribution < -0.4 is 4.90 Å². The minimum absolute atomic E-state index is 0.868. The van der Waals surface area contributed by atoms with E-state index in [0.717, 1.165) is 12.4 Å². The Morgan fingerprint density at radius 2 is 2.00 bits per heavy atom. The second-order valence-corrected chi connectivity index (χ2v) is 2.76. The first-order chi connectivity index (χ1) is 5.86. The first-order valence-corrected chi connectivity index (χ1v) is 3.76. The Morgan fingerprint density at radius 1 is 1.25 bits per heavy atom. The third-order valence-electron chi connectivity index (χ3n) is 1.76. The summed E-state index contributed by atoms with van der Waals surface area (Å²) in [7, 11) is 2.03. The van der Waals surface area contributed by atoms with Crippen molar-refractivity contribution in [3.63, 3.8) is 0 Å². The van der Waals surface area contributed by atoms with Crippen molar-refractivity contribution in [3.05, 3.63) is 31.1 Å². The summed E-state index contributed by atoms with van der Waals surface area (Å²) in [5, 5.41) is 0. The maximum absolute atomic E-state index is 3.95. The zero-order chi connectivity index (χ0) is 8.39. The Hall–Kier alpha value is -1.58. The zero-order valence-corrected chi connectivity index (χ0v) is 6.88. The molecule has 4 nitrogen and oxygen atoms in total. The molecule has 0 saturated heterocycles. The van der Waals surface area contributed by atoms with Gasteiger partial charge in [-0.2, -0.15) is 0 Å². The maximum atomic E-state index is 3.95. The van der Waals surface area contributed by atoms with Gasteiger partial charge >= 0.3 is 0 Å². The van der Waals surface area contributed by atoms with Crippen molar-refractivity contribution in [3.8, 4) is 0 Å². The first kappa shape index (κ1) is 7.09. The standard InChI is InChI=1S/C8H10N4/c1-11-2-3-12(7-11)8-4-9-6-10-5-8/h2-6H,7H2,1H3. The lowest BCUT2D eigenvalue weighted by Gasteiger charge is -2.16. The monoisotopic (exact) mass is 162 g/mol. The summed E-state index contributed by atoms with van der Waals surface area (Å²) in [5.74, 6) is 0. The van der Waals surface area contributed by atoms with Crippen molar-refractivity contribution in [1.82, 2.24) is 14.9 Å². The summed E-state index contributed by atoms with van der Waals surface area (Å²) in [4.78, 5) is 12.1. The fourth-order valence-electron chi connectivity index (χ4n) is 1.14. The van der Waals surface area contributed by atoms with E-state index in [0.29, 0.717) is 0 Å². The number of rotatable bonds is 1. The molecule has 1 aromatic heterocycles. The van der Waals surface area contributed by atoms with Crippen LogP contribution in [0.15, 0.2) is 31.1 Å². The highest BCUT2D eigenvalue weighted by Gasteiger charge is 2.09. The van der Waals surface area contributed by atoms with Crippen LogP contribution in [0.5, 0.6) is 0 Å². The highest BCUT2D eigenvalue weighted by atomic mass is 15.3. The molecule has 12 heavy (non-hydrogen) atoms. The van der Waals surface area contributed by atoms with Gasteiger partial charge in [-0.05, 0) is 0 Å². The normalized spacial score (nSPS) is 15.8. The predicted octanol–water partition coefficient (Wildman–Crippen LogP) is 0.657. The van der Waals surface area contributed by atoms with E-state index in [1.54, 1.807) is 12.4 Å². The molecule has 1 aromatic rings. The van der Waals surface area contributed by atoms with Crippen molar-refractivity contribution in [2.24, 2.45) is 0 Å². The summed E-state index contributed by atoms with van der Waals surface area (Å²) < 4.78 is 0. The lowest BCUT2D eigenvalue weighted by atomic mass is 10.5. The van der Waals surface area contributed by atoms with E-state index >= 15 is 0 Å². The molecule has 0 unspecified atom stereocenters. The molecule has 1 aliphatic rings. The van der Waals surface area contributed by atoms with Gasteiger partial charge in [0.2, 0.25) is 0 Å². The molecule has 0 saturated carbocycles. The van der Waals surface area contributed by atoms with Crippen molar-refractivity contribution in [2.75, 3.05) is 18.6 Å². The molecule has 0 aromatic carbocycles. The van der Waals surface area contributed by atoms with E-state index in [4.69, 9.17) is 0 Å². The van der Waals surface area contributed by atoms with Gasteiger partial charge in [0.1, 0.15) is 6.33 Å². The Bertz CT molecular complexity index is 282. The lowest BCUT2D eigenvalue weighted by molar-refractivity contribution is 0.495. The Labute approximate surface area is 71.2 Å². The van der Waals surface area contributed by atoms with Crippen LogP contribution in [0.2, 0.25) is 0 Å². The molecule has 0 N–H and O–H groups in total. The van der Waals surface area contributed by atoms with Crippen molar-refractivity contribution in [2.45, 2.75) is 0 Å². The fraction of sp³-hybridized carbons (Fsp3) is 0.250. The molecule has 0 aliphatic carbocycles. The topological polar surface area (TPSA) is 32.3 Å². The summed E-state index contributed by atoms with van der Waals surface area (Å²) in [6.07, 6.45) is 9.17. The van der Waals surface area contributed by atoms with E-state index in [1.165, 1.54) is 6.33 Å². The number of anilines is 1. The van der Waals surface area contributed by atoms with Crippen LogP contribution in [0.25, 0.3) is 0 Å². The Kier molecular flexibility index (Phi) is 1.66. The number of nitrogens with zero attached hydrogens (tertiary/aromatic N) is 4. The van der Waals surface area contributed by atoms with E-state index in [2.05, 4.69) is 19.8 Å². The predicted molar refractivity (Wildman–Crippen MR) is 46.3 cm³/mol. The van der Waals surface area contributed by atoms with Crippen LogP contribution in [-0.2, 0) is 0 Å². The van der Waals surface area contributed by atoms with Crippen LogP contribution >= 0.6 is 0 Å². The average molecular weight is 162 g/mol. The van der Waals surface area contributed by atoms with Gasteiger partial charge in [-0.25, -0.2) is 9.97 Å². The molecular weight excluding hydrogens is 152 g/mol. The van der Waals surface area contributed by atoms with Gasteiger partial charge < -0.3 is 9.80 Å². The van der Waals surface area contributed by atoms with Crippen molar-refractivity contribution < 1.29 is 0 Å². The van der Waals surface area contributed by atoms with Crippen LogP contribution in [0.3, 0.4) is 0 Å². The highest BCUT2D eigenvalue weighted by Crippen LogP contribution is 2.14. The SMILES string of the molecule is CN1C=CN(c2cncnc2)C1. The summed E-state index contributed by atoms with van der Waals surface area (Å²) >= 11 is 0. The smallest absolute Gasteiger partial charge is 0.115 e. The van der Waals surface area contributed by atoms with Crippen molar-refractivity contribution in [1.29, 1.82) is 0 Å². The molecule has 4 heteroatoms. The Morgan fingerprint density at radius 3 is 2.58 bits per heavy atom. The van der Waals surface area contributed by atoms with Crippen LogP contribution in [0.1, 0.15) is 0 Å². The molecule has 0 fully saturated rings. The molecule has 2 heterocycles. The van der Waals surface area contributed by atoms with Gasteiger partial charge in [-0.1, -0.05) is 0 Å². The average Bonchev–Trinajstić information content (AvgIpc) is 2.54. The molecule has 0 amide bonds. The van der Waals surface area contributed by atoms with Crippen LogP contribution in [-0.4, -0.2) is 28.6 Å². The molecule has 0 spiro atoms. The van der Waals surface area contributed by atoms with Gasteiger partial charge in [0.25, 0.3) is 0 Å². The number of hydrogen-bond donors (Lipinski definition) is 0. The maximum Gasteiger partial charge on any atom is 0.115 e. The van der Waals surface area contributed by atoms with Gasteiger partial charge in [0.15, 0.2) is 0 Å². The van der Waals surface area contributed by atoms with E-state index in [1.807, 2.05) is 19.4 Å². The second kappa shape index (κ2) is 2.81. The quantitative estimate of drug-likeness (QED) is 0.607. The third-order valence-corrected chi connectivity index (χ3v) is 1.76. The fourth-order valence-corrected chi connectivity index (χ4v) is 1.14. The highest BCUT2D eigenvalue weighted by molar-refractivity contribution is 5.45. The largest absolute Gasteiger partial charge is 0.361 e. The van der Waals surface area contributed by atoms with E-state index in [-0.39, 0.29) is 0 Å². The molecule has 2 rings (SSSR count). The van der Waals surface area contributed by atoms with E-state index < -0.39 is 0 Å². The molecule has 1 aliphatic heterocycles. The zero-order valence-electron chi connectivity index (χ0n) is 6.88. The van der Waals surface area contributed by atoms with Crippen LogP contribution in [0.4, 0.5) is 5.69 Å². The molecular formula is C8H10N4. The van der Waals surface area contributed by atoms with Gasteiger partial charge in [0.05, 0.1) is 24.7 Å². The second-order valence-electron chi connectivity index (χ2n) is 2.76. The minimum atomic E-state index is 0.868. The van der Waals surface area contributed by atoms with Gasteiger partial charge in [-0.15, -0.1) is 0 Å². The van der Waals surface area contributed by atoms with Gasteiger partial charge in [0, 0.05) is 19.4 Å². The first-order valence-electron chi connectivity index (χ1n) is 3.76. The van der Waals surface area contributed by atoms with E-state index in [9.17, 15) is 0 Å². The summed E-state index contributed by atoms with van der Waals surface area (Å²) in [6, 6.07) is 0. The minimum Gasteiger partial charge on any atom is -0.361 e. The summed E-state index contributed by atoms with van der Waals surface area (Å²) in [6.45, 7) is 0.868. The molecule has 0 bridgehead atoms.